The number of nitrogens with one attached hydrogen (secondary N) is 1. The third-order valence-electron chi connectivity index (χ3n) is 2.54. The molecule has 5 nitrogen and oxygen atoms in total. The minimum atomic E-state index is -0.496. The van der Waals surface area contributed by atoms with Crippen LogP contribution >= 0.6 is 11.3 Å². The van der Waals surface area contributed by atoms with E-state index in [1.165, 1.54) is 18.2 Å². The van der Waals surface area contributed by atoms with E-state index in [1.54, 1.807) is 11.3 Å². The molecule has 6 heteroatoms. The first kappa shape index (κ1) is 13.4. The molecule has 2 aromatic rings. The molecule has 1 aromatic heterocycles. The van der Waals surface area contributed by atoms with Gasteiger partial charge in [0.1, 0.15) is 17.1 Å². The second kappa shape index (κ2) is 5.71. The molecule has 0 radical (unpaired) electrons. The van der Waals surface area contributed by atoms with Gasteiger partial charge in [-0.15, -0.1) is 11.3 Å². The van der Waals surface area contributed by atoms with E-state index in [9.17, 15) is 15.0 Å². The third-order valence-corrected chi connectivity index (χ3v) is 3.56. The molecule has 0 unspecified atom stereocenters. The Morgan fingerprint density at radius 2 is 2.05 bits per heavy atom. The Morgan fingerprint density at radius 3 is 2.63 bits per heavy atom. The Hall–Kier alpha value is -2.08. The zero-order chi connectivity index (χ0) is 13.8. The van der Waals surface area contributed by atoms with Crippen LogP contribution in [-0.4, -0.2) is 27.6 Å². The number of hydrogen-bond donors (Lipinski definition) is 3. The normalized spacial score (nSPS) is 10.4. The smallest absolute Gasteiger partial charge is 0.258 e. The van der Waals surface area contributed by atoms with Gasteiger partial charge in [-0.3, -0.25) is 4.79 Å². The molecule has 0 aliphatic heterocycles. The van der Waals surface area contributed by atoms with Crippen LogP contribution < -0.4 is 5.32 Å². The highest BCUT2D eigenvalue weighted by molar-refractivity contribution is 7.09. The van der Waals surface area contributed by atoms with E-state index in [2.05, 4.69) is 10.3 Å². The van der Waals surface area contributed by atoms with Crippen molar-refractivity contribution in [2.75, 3.05) is 6.54 Å². The molecule has 100 valence electrons. The summed E-state index contributed by atoms with van der Waals surface area (Å²) in [7, 11) is 0. The van der Waals surface area contributed by atoms with Crippen molar-refractivity contribution >= 4 is 17.2 Å². The van der Waals surface area contributed by atoms with Crippen molar-refractivity contribution in [2.45, 2.75) is 13.3 Å². The number of nitrogens with zero attached hydrogens (tertiary/aromatic N) is 1. The van der Waals surface area contributed by atoms with E-state index in [1.807, 2.05) is 12.3 Å². The molecule has 0 saturated carbocycles. The van der Waals surface area contributed by atoms with Crippen LogP contribution in [0.25, 0.3) is 0 Å². The van der Waals surface area contributed by atoms with Crippen molar-refractivity contribution in [3.63, 3.8) is 0 Å². The highest BCUT2D eigenvalue weighted by Gasteiger charge is 2.15. The molecule has 1 amide bonds. The monoisotopic (exact) mass is 278 g/mol. The van der Waals surface area contributed by atoms with E-state index in [4.69, 9.17) is 0 Å². The first-order valence-corrected chi connectivity index (χ1v) is 6.66. The van der Waals surface area contributed by atoms with Crippen LogP contribution in [0.15, 0.2) is 23.6 Å². The molecular formula is C13H14N2O3S. The van der Waals surface area contributed by atoms with Gasteiger partial charge in [0.25, 0.3) is 5.91 Å². The summed E-state index contributed by atoms with van der Waals surface area (Å²) in [6, 6.07) is 4.19. The minimum Gasteiger partial charge on any atom is -0.507 e. The lowest BCUT2D eigenvalue weighted by atomic mass is 10.1. The van der Waals surface area contributed by atoms with Gasteiger partial charge < -0.3 is 15.5 Å². The fraction of sp³-hybridized carbons (Fsp3) is 0.231. The van der Waals surface area contributed by atoms with Crippen LogP contribution in [0.1, 0.15) is 21.1 Å². The predicted octanol–water partition coefficient (Wildman–Crippen LogP) is 1.84. The number of thiazole rings is 1. The number of phenols is 2. The van der Waals surface area contributed by atoms with Crippen LogP contribution in [0, 0.1) is 6.92 Å². The van der Waals surface area contributed by atoms with Crippen LogP contribution in [-0.2, 0) is 6.42 Å². The molecule has 0 aliphatic carbocycles. The zero-order valence-corrected chi connectivity index (χ0v) is 11.2. The van der Waals surface area contributed by atoms with Crippen molar-refractivity contribution in [3.8, 4) is 11.5 Å². The number of aromatic hydroxyl groups is 2. The lowest BCUT2D eigenvalue weighted by molar-refractivity contribution is 0.0948. The number of carbonyl (C=O) groups excluding carboxylic acids is 1. The number of phenolic OH excluding ortho intramolecular Hbond substituents is 2. The second-order valence-electron chi connectivity index (χ2n) is 4.06. The van der Waals surface area contributed by atoms with Gasteiger partial charge in [0.2, 0.25) is 0 Å². The number of carbonyl (C=O) groups is 1. The average Bonchev–Trinajstić information content (AvgIpc) is 2.75. The van der Waals surface area contributed by atoms with Gasteiger partial charge in [-0.2, -0.15) is 0 Å². The van der Waals surface area contributed by atoms with Crippen LogP contribution in [0.5, 0.6) is 11.5 Å². The minimum absolute atomic E-state index is 0.0992. The second-order valence-corrected chi connectivity index (χ2v) is 5.00. The number of aryl methyl sites for hydroxylation is 1. The summed E-state index contributed by atoms with van der Waals surface area (Å²) in [6.07, 6.45) is 0.624. The Kier molecular flexibility index (Phi) is 4.01. The zero-order valence-electron chi connectivity index (χ0n) is 10.4. The molecular weight excluding hydrogens is 264 g/mol. The fourth-order valence-electron chi connectivity index (χ4n) is 1.65. The van der Waals surface area contributed by atoms with Gasteiger partial charge in [-0.05, 0) is 19.1 Å². The predicted molar refractivity (Wildman–Crippen MR) is 72.7 cm³/mol. The average molecular weight is 278 g/mol. The molecule has 0 bridgehead atoms. The Balaban J connectivity index is 1.94. The first-order valence-electron chi connectivity index (χ1n) is 5.78. The van der Waals surface area contributed by atoms with Crippen LogP contribution in [0.2, 0.25) is 0 Å². The van der Waals surface area contributed by atoms with Gasteiger partial charge in [-0.25, -0.2) is 4.98 Å². The molecule has 3 N–H and O–H groups in total. The van der Waals surface area contributed by atoms with E-state index in [0.717, 1.165) is 10.7 Å². The van der Waals surface area contributed by atoms with E-state index < -0.39 is 5.91 Å². The molecule has 19 heavy (non-hydrogen) atoms. The summed E-state index contributed by atoms with van der Waals surface area (Å²) in [5, 5.41) is 24.6. The van der Waals surface area contributed by atoms with Gasteiger partial charge in [0.15, 0.2) is 0 Å². The maximum atomic E-state index is 11.8. The summed E-state index contributed by atoms with van der Waals surface area (Å²) in [5.41, 5.74) is 0.863. The highest BCUT2D eigenvalue weighted by atomic mass is 32.1. The number of benzene rings is 1. The van der Waals surface area contributed by atoms with Gasteiger partial charge in [0.05, 0.1) is 5.01 Å². The fourth-order valence-corrected chi connectivity index (χ4v) is 2.43. The molecule has 0 spiro atoms. The largest absolute Gasteiger partial charge is 0.507 e. The highest BCUT2D eigenvalue weighted by Crippen LogP contribution is 2.25. The van der Waals surface area contributed by atoms with Crippen LogP contribution in [0.4, 0.5) is 0 Å². The topological polar surface area (TPSA) is 82.5 Å². The van der Waals surface area contributed by atoms with Gasteiger partial charge >= 0.3 is 0 Å². The summed E-state index contributed by atoms with van der Waals surface area (Å²) in [4.78, 5) is 16.1. The summed E-state index contributed by atoms with van der Waals surface area (Å²) in [5.74, 6) is -0.964. The maximum absolute atomic E-state index is 11.8. The van der Waals surface area contributed by atoms with Crippen molar-refractivity contribution in [2.24, 2.45) is 0 Å². The standard InChI is InChI=1S/C13H14N2O3S/c1-8-7-19-11(15-8)5-6-14-13(18)12-9(16)3-2-4-10(12)17/h2-4,7,16-17H,5-6H2,1H3,(H,14,18). The molecule has 0 saturated heterocycles. The SMILES string of the molecule is Cc1csc(CCNC(=O)c2c(O)cccc2O)n1. The number of hydrogen-bond acceptors (Lipinski definition) is 5. The Morgan fingerprint density at radius 1 is 1.37 bits per heavy atom. The van der Waals surface area contributed by atoms with Crippen molar-refractivity contribution in [3.05, 3.63) is 39.8 Å². The van der Waals surface area contributed by atoms with Gasteiger partial charge in [-0.1, -0.05) is 6.07 Å². The maximum Gasteiger partial charge on any atom is 0.258 e. The van der Waals surface area contributed by atoms with Crippen molar-refractivity contribution < 1.29 is 15.0 Å². The summed E-state index contributed by atoms with van der Waals surface area (Å²) in [6.45, 7) is 2.32. The quantitative estimate of drug-likeness (QED) is 0.797. The first-order chi connectivity index (χ1) is 9.08. The van der Waals surface area contributed by atoms with E-state index in [-0.39, 0.29) is 17.1 Å². The van der Waals surface area contributed by atoms with Crippen molar-refractivity contribution in [1.29, 1.82) is 0 Å². The lowest BCUT2D eigenvalue weighted by Crippen LogP contribution is -2.25. The lowest BCUT2D eigenvalue weighted by Gasteiger charge is -2.07. The molecule has 0 atom stereocenters. The van der Waals surface area contributed by atoms with Crippen molar-refractivity contribution in [1.82, 2.24) is 10.3 Å². The summed E-state index contributed by atoms with van der Waals surface area (Å²) < 4.78 is 0. The number of rotatable bonds is 4. The molecule has 0 fully saturated rings. The molecule has 2 rings (SSSR count). The number of amides is 1. The molecule has 1 aromatic carbocycles. The third kappa shape index (κ3) is 3.23. The van der Waals surface area contributed by atoms with Gasteiger partial charge in [0, 0.05) is 24.0 Å². The molecule has 1 heterocycles. The van der Waals surface area contributed by atoms with E-state index >= 15 is 0 Å². The Bertz CT molecular complexity index is 575. The number of aromatic nitrogens is 1. The summed E-state index contributed by atoms with van der Waals surface area (Å²) >= 11 is 1.54. The molecule has 0 aliphatic rings. The Labute approximate surface area is 114 Å². The van der Waals surface area contributed by atoms with E-state index in [0.29, 0.717) is 13.0 Å². The van der Waals surface area contributed by atoms with Crippen LogP contribution in [0.3, 0.4) is 0 Å².